The van der Waals surface area contributed by atoms with E-state index in [9.17, 15) is 14.3 Å². The van der Waals surface area contributed by atoms with Gasteiger partial charge in [0, 0.05) is 11.9 Å². The van der Waals surface area contributed by atoms with Gasteiger partial charge in [0.1, 0.15) is 17.1 Å². The molecule has 0 aliphatic rings. The first-order valence-electron chi connectivity index (χ1n) is 5.42. The summed E-state index contributed by atoms with van der Waals surface area (Å²) in [4.78, 5) is 11.5. The van der Waals surface area contributed by atoms with Crippen molar-refractivity contribution in [3.8, 4) is 0 Å². The molecule has 6 heteroatoms. The second-order valence-corrected chi connectivity index (χ2v) is 3.91. The molecule has 0 radical (unpaired) electrons. The van der Waals surface area contributed by atoms with E-state index in [1.54, 1.807) is 6.92 Å². The number of aliphatic hydroxyl groups excluding tert-OH is 1. The number of anilines is 1. The Hall–Kier alpha value is -2.01. The molecule has 102 valence electrons. The smallest absolute Gasteiger partial charge is 0.343 e. The van der Waals surface area contributed by atoms with Gasteiger partial charge in [0.05, 0.1) is 11.6 Å². The maximum atomic E-state index is 13.0. The van der Waals surface area contributed by atoms with Crippen LogP contribution in [0.25, 0.3) is 0 Å². The molecule has 1 aromatic rings. The van der Waals surface area contributed by atoms with Gasteiger partial charge in [-0.05, 0) is 25.1 Å². The van der Waals surface area contributed by atoms with Crippen molar-refractivity contribution in [2.24, 2.45) is 0 Å². The maximum absolute atomic E-state index is 13.0. The van der Waals surface area contributed by atoms with E-state index in [2.05, 4.69) is 11.9 Å². The average molecular weight is 286 g/mol. The summed E-state index contributed by atoms with van der Waals surface area (Å²) in [5, 5.41) is 11.9. The van der Waals surface area contributed by atoms with Gasteiger partial charge >= 0.3 is 5.97 Å². The van der Waals surface area contributed by atoms with Gasteiger partial charge < -0.3 is 15.2 Å². The zero-order valence-electron chi connectivity index (χ0n) is 10.2. The predicted octanol–water partition coefficient (Wildman–Crippen LogP) is 3.41. The Morgan fingerprint density at radius 1 is 1.63 bits per heavy atom. The zero-order valence-corrected chi connectivity index (χ0v) is 11.0. The molecule has 1 aromatic carbocycles. The van der Waals surface area contributed by atoms with Crippen molar-refractivity contribution in [1.29, 1.82) is 0 Å². The lowest BCUT2D eigenvalue weighted by atomic mass is 10.2. The number of hydrogen-bond acceptors (Lipinski definition) is 4. The molecular weight excluding hydrogens is 273 g/mol. The number of hydrogen-bond donors (Lipinski definition) is 2. The molecule has 0 saturated heterocycles. The highest BCUT2D eigenvalue weighted by Crippen LogP contribution is 2.20. The van der Waals surface area contributed by atoms with Crippen molar-refractivity contribution in [1.82, 2.24) is 0 Å². The molecule has 0 aromatic heterocycles. The minimum Gasteiger partial charge on any atom is -0.508 e. The summed E-state index contributed by atoms with van der Waals surface area (Å²) in [5.41, 5.74) is 0.330. The van der Waals surface area contributed by atoms with Crippen molar-refractivity contribution < 1.29 is 19.0 Å². The Balaban J connectivity index is 2.89. The van der Waals surface area contributed by atoms with Gasteiger partial charge in [0.2, 0.25) is 0 Å². The van der Waals surface area contributed by atoms with Gasteiger partial charge in [0.25, 0.3) is 0 Å². The minimum atomic E-state index is -0.712. The second kappa shape index (κ2) is 6.80. The number of nitrogens with one attached hydrogen (secondary N) is 1. The number of rotatable bonds is 5. The number of halogens is 2. The predicted molar refractivity (Wildman–Crippen MR) is 71.5 cm³/mol. The van der Waals surface area contributed by atoms with E-state index in [1.807, 2.05) is 0 Å². The lowest BCUT2D eigenvalue weighted by molar-refractivity contribution is -0.138. The number of esters is 1. The third-order valence-electron chi connectivity index (χ3n) is 2.11. The molecule has 2 N–H and O–H groups in total. The lowest BCUT2D eigenvalue weighted by Crippen LogP contribution is -2.10. The summed E-state index contributed by atoms with van der Waals surface area (Å²) in [6.07, 6.45) is 1.21. The van der Waals surface area contributed by atoms with Crippen LogP contribution in [-0.2, 0) is 9.53 Å². The minimum absolute atomic E-state index is 0.0566. The lowest BCUT2D eigenvalue weighted by Gasteiger charge is -2.07. The molecule has 1 rings (SSSR count). The van der Waals surface area contributed by atoms with E-state index in [0.29, 0.717) is 5.69 Å². The zero-order chi connectivity index (χ0) is 14.4. The van der Waals surface area contributed by atoms with Crippen LogP contribution < -0.4 is 5.32 Å². The number of aliphatic hydroxyl groups is 1. The molecule has 4 nitrogen and oxygen atoms in total. The average Bonchev–Trinajstić information content (AvgIpc) is 2.33. The van der Waals surface area contributed by atoms with Crippen LogP contribution in [0.2, 0.25) is 5.02 Å². The van der Waals surface area contributed by atoms with E-state index in [-0.39, 0.29) is 17.2 Å². The summed E-state index contributed by atoms with van der Waals surface area (Å²) in [7, 11) is 0. The van der Waals surface area contributed by atoms with Crippen LogP contribution >= 0.6 is 11.6 Å². The first kappa shape index (κ1) is 15.0. The summed E-state index contributed by atoms with van der Waals surface area (Å²) >= 11 is 5.61. The van der Waals surface area contributed by atoms with Crippen molar-refractivity contribution in [3.63, 3.8) is 0 Å². The molecule has 0 saturated carbocycles. The molecule has 0 aliphatic heterocycles. The number of ether oxygens (including phenoxy) is 1. The van der Waals surface area contributed by atoms with Gasteiger partial charge in [-0.3, -0.25) is 0 Å². The summed E-state index contributed by atoms with van der Waals surface area (Å²) < 4.78 is 17.7. The van der Waals surface area contributed by atoms with Crippen LogP contribution in [0.5, 0.6) is 0 Å². The van der Waals surface area contributed by atoms with Crippen molar-refractivity contribution in [2.45, 2.75) is 6.92 Å². The van der Waals surface area contributed by atoms with Gasteiger partial charge in [-0.15, -0.1) is 0 Å². The number of carbonyl (C=O) groups excluding carboxylic acids is 1. The van der Waals surface area contributed by atoms with Crippen LogP contribution in [0, 0.1) is 5.82 Å². The Morgan fingerprint density at radius 2 is 2.32 bits per heavy atom. The molecular formula is C13H13ClFNO3. The SMILES string of the molecule is C=C(O)/C(=C/Nc1ccc(F)c(Cl)c1)C(=O)OCC. The molecule has 0 bridgehead atoms. The van der Waals surface area contributed by atoms with Crippen molar-refractivity contribution >= 4 is 23.3 Å². The Kier molecular flexibility index (Phi) is 5.38. The first-order chi connectivity index (χ1) is 8.95. The monoisotopic (exact) mass is 285 g/mol. The van der Waals surface area contributed by atoms with Crippen LogP contribution in [0.3, 0.4) is 0 Å². The van der Waals surface area contributed by atoms with Crippen molar-refractivity contribution in [3.05, 3.63) is 53.2 Å². The molecule has 0 amide bonds. The highest BCUT2D eigenvalue weighted by atomic mass is 35.5. The highest BCUT2D eigenvalue weighted by Gasteiger charge is 2.13. The van der Waals surface area contributed by atoms with Crippen LogP contribution in [0.1, 0.15) is 6.92 Å². The Bertz CT molecular complexity index is 529. The normalized spacial score (nSPS) is 11.0. The second-order valence-electron chi connectivity index (χ2n) is 3.50. The molecule has 0 spiro atoms. The maximum Gasteiger partial charge on any atom is 0.343 e. The van der Waals surface area contributed by atoms with Crippen LogP contribution in [-0.4, -0.2) is 17.7 Å². The Morgan fingerprint density at radius 3 is 2.84 bits per heavy atom. The van der Waals surface area contributed by atoms with Gasteiger partial charge in [-0.2, -0.15) is 0 Å². The Labute approximate surface area is 115 Å². The summed E-state index contributed by atoms with van der Waals surface area (Å²) in [6.45, 7) is 5.08. The number of carbonyl (C=O) groups is 1. The summed E-state index contributed by atoms with van der Waals surface area (Å²) in [6, 6.07) is 3.95. The molecule has 0 aliphatic carbocycles. The van der Waals surface area contributed by atoms with Crippen LogP contribution in [0.4, 0.5) is 10.1 Å². The topological polar surface area (TPSA) is 58.6 Å². The largest absolute Gasteiger partial charge is 0.508 e. The first-order valence-corrected chi connectivity index (χ1v) is 5.80. The van der Waals surface area contributed by atoms with Crippen LogP contribution in [0.15, 0.2) is 42.3 Å². The fourth-order valence-electron chi connectivity index (χ4n) is 1.21. The van der Waals surface area contributed by atoms with E-state index in [4.69, 9.17) is 16.3 Å². The fourth-order valence-corrected chi connectivity index (χ4v) is 1.39. The standard InChI is InChI=1S/C13H13ClFNO3/c1-3-19-13(18)10(8(2)17)7-16-9-4-5-12(15)11(14)6-9/h4-7,16-17H,2-3H2,1H3/b10-7-. The van der Waals surface area contributed by atoms with E-state index in [1.165, 1.54) is 24.4 Å². The highest BCUT2D eigenvalue weighted by molar-refractivity contribution is 6.31. The molecule has 0 heterocycles. The third-order valence-corrected chi connectivity index (χ3v) is 2.40. The number of benzene rings is 1. The van der Waals surface area contributed by atoms with E-state index >= 15 is 0 Å². The van der Waals surface area contributed by atoms with Gasteiger partial charge in [0.15, 0.2) is 0 Å². The van der Waals surface area contributed by atoms with Gasteiger partial charge in [-0.25, -0.2) is 9.18 Å². The van der Waals surface area contributed by atoms with E-state index < -0.39 is 17.5 Å². The summed E-state index contributed by atoms with van der Waals surface area (Å²) in [5.74, 6) is -1.69. The molecule has 19 heavy (non-hydrogen) atoms. The molecule has 0 unspecified atom stereocenters. The quantitative estimate of drug-likeness (QED) is 0.377. The molecule has 0 atom stereocenters. The van der Waals surface area contributed by atoms with Crippen molar-refractivity contribution in [2.75, 3.05) is 11.9 Å². The van der Waals surface area contributed by atoms with E-state index in [0.717, 1.165) is 0 Å². The fraction of sp³-hybridized carbons (Fsp3) is 0.154. The third kappa shape index (κ3) is 4.30. The molecule has 0 fully saturated rings. The van der Waals surface area contributed by atoms with Gasteiger partial charge in [-0.1, -0.05) is 18.2 Å².